The van der Waals surface area contributed by atoms with Gasteiger partial charge in [-0.1, -0.05) is 22.7 Å². The second-order valence-electron chi connectivity index (χ2n) is 5.50. The molecule has 0 radical (unpaired) electrons. The molecule has 2 heterocycles. The zero-order valence-corrected chi connectivity index (χ0v) is 16.4. The number of non-ortho nitro benzene ring substituents is 1. The zero-order chi connectivity index (χ0) is 21.1. The van der Waals surface area contributed by atoms with Crippen LogP contribution < -0.4 is 4.80 Å². The van der Waals surface area contributed by atoms with Crippen molar-refractivity contribution in [2.75, 3.05) is 6.61 Å². The van der Waals surface area contributed by atoms with Gasteiger partial charge in [-0.05, 0) is 19.1 Å². The summed E-state index contributed by atoms with van der Waals surface area (Å²) < 4.78 is 6.85. The van der Waals surface area contributed by atoms with E-state index in [4.69, 9.17) is 4.74 Å². The summed E-state index contributed by atoms with van der Waals surface area (Å²) in [6.07, 6.45) is 0. The van der Waals surface area contributed by atoms with Crippen LogP contribution in [0, 0.1) is 20.2 Å². The van der Waals surface area contributed by atoms with Crippen molar-refractivity contribution in [3.63, 3.8) is 0 Å². The fraction of sp³-hybridized carbons (Fsp3) is 0.188. The number of aromatic nitrogens is 1. The number of rotatable bonds is 6. The Labute approximate surface area is 169 Å². The van der Waals surface area contributed by atoms with Gasteiger partial charge in [0.2, 0.25) is 0 Å². The van der Waals surface area contributed by atoms with Crippen LogP contribution in [0.4, 0.5) is 10.7 Å². The molecule has 0 atom stereocenters. The SMILES string of the molecule is CCOC(=O)Cn1c(=NC(=O)c2ccc([N+](=O)[O-])s2)sc2ccc([N+](=O)[O-])cc21. The standard InChI is InChI=1S/C16H12N4O7S2/c1-2-27-14(21)8-18-10-7-9(19(23)24)3-4-11(10)29-16(18)17-15(22)12-5-6-13(28-12)20(25)26/h3-7H,2,8H2,1H3. The van der Waals surface area contributed by atoms with Gasteiger partial charge in [0.25, 0.3) is 11.6 Å². The van der Waals surface area contributed by atoms with Gasteiger partial charge in [0.1, 0.15) is 11.4 Å². The van der Waals surface area contributed by atoms with Gasteiger partial charge in [-0.25, -0.2) is 0 Å². The molecule has 0 N–H and O–H groups in total. The van der Waals surface area contributed by atoms with Gasteiger partial charge in [0, 0.05) is 18.2 Å². The highest BCUT2D eigenvalue weighted by atomic mass is 32.1. The van der Waals surface area contributed by atoms with E-state index in [1.165, 1.54) is 34.9 Å². The van der Waals surface area contributed by atoms with Crippen LogP contribution in [-0.2, 0) is 16.1 Å². The van der Waals surface area contributed by atoms with Crippen LogP contribution in [0.2, 0.25) is 0 Å². The molecule has 0 spiro atoms. The molecule has 0 aliphatic carbocycles. The minimum Gasteiger partial charge on any atom is -0.465 e. The molecule has 0 bridgehead atoms. The normalized spacial score (nSPS) is 11.6. The van der Waals surface area contributed by atoms with Gasteiger partial charge in [-0.3, -0.25) is 29.8 Å². The highest BCUT2D eigenvalue weighted by Crippen LogP contribution is 2.25. The third kappa shape index (κ3) is 4.35. The van der Waals surface area contributed by atoms with Crippen LogP contribution in [0.15, 0.2) is 35.3 Å². The van der Waals surface area contributed by atoms with E-state index in [-0.39, 0.29) is 33.5 Å². The Morgan fingerprint density at radius 3 is 2.52 bits per heavy atom. The summed E-state index contributed by atoms with van der Waals surface area (Å²) in [5.41, 5.74) is 0.167. The summed E-state index contributed by atoms with van der Waals surface area (Å²) in [4.78, 5) is 49.3. The number of amides is 1. The fourth-order valence-corrected chi connectivity index (χ4v) is 4.14. The average molecular weight is 436 g/mol. The molecule has 1 aromatic carbocycles. The van der Waals surface area contributed by atoms with E-state index < -0.39 is 21.7 Å². The Hall–Kier alpha value is -3.45. The van der Waals surface area contributed by atoms with Crippen LogP contribution in [-0.4, -0.2) is 32.9 Å². The predicted octanol–water partition coefficient (Wildman–Crippen LogP) is 2.88. The molecule has 3 rings (SSSR count). The number of nitrogens with zero attached hydrogens (tertiary/aromatic N) is 4. The van der Waals surface area contributed by atoms with Crippen LogP contribution in [0.1, 0.15) is 16.6 Å². The van der Waals surface area contributed by atoms with Crippen molar-refractivity contribution in [3.05, 3.63) is 60.2 Å². The van der Waals surface area contributed by atoms with Gasteiger partial charge in [-0.2, -0.15) is 4.99 Å². The minimum atomic E-state index is -0.721. The lowest BCUT2D eigenvalue weighted by Crippen LogP contribution is -2.23. The van der Waals surface area contributed by atoms with Crippen LogP contribution in [0.3, 0.4) is 0 Å². The second kappa shape index (κ2) is 8.28. The van der Waals surface area contributed by atoms with E-state index in [1.807, 2.05) is 0 Å². The maximum absolute atomic E-state index is 12.5. The average Bonchev–Trinajstić information content (AvgIpc) is 3.27. The molecule has 0 fully saturated rings. The summed E-state index contributed by atoms with van der Waals surface area (Å²) in [6.45, 7) is 1.48. The number of thiophene rings is 1. The molecule has 0 aliphatic heterocycles. The molecule has 13 heteroatoms. The van der Waals surface area contributed by atoms with E-state index in [0.29, 0.717) is 21.6 Å². The first-order chi connectivity index (χ1) is 13.8. The molecule has 0 saturated carbocycles. The number of benzene rings is 1. The van der Waals surface area contributed by atoms with Gasteiger partial charge < -0.3 is 9.30 Å². The number of ether oxygens (including phenoxy) is 1. The number of esters is 1. The zero-order valence-electron chi connectivity index (χ0n) is 14.8. The molecule has 3 aromatic rings. The Bertz CT molecular complexity index is 1210. The quantitative estimate of drug-likeness (QED) is 0.328. The van der Waals surface area contributed by atoms with Crippen molar-refractivity contribution in [2.45, 2.75) is 13.5 Å². The summed E-state index contributed by atoms with van der Waals surface area (Å²) in [6, 6.07) is 6.59. The number of nitro groups is 2. The summed E-state index contributed by atoms with van der Waals surface area (Å²) in [5, 5.41) is 21.7. The molecular formula is C16H12N4O7S2. The number of hydrogen-bond donors (Lipinski definition) is 0. The van der Waals surface area contributed by atoms with Crippen molar-refractivity contribution in [1.82, 2.24) is 4.57 Å². The number of fused-ring (bicyclic) bond motifs is 1. The monoisotopic (exact) mass is 436 g/mol. The van der Waals surface area contributed by atoms with Crippen molar-refractivity contribution in [3.8, 4) is 0 Å². The van der Waals surface area contributed by atoms with Gasteiger partial charge in [0.15, 0.2) is 4.80 Å². The summed E-state index contributed by atoms with van der Waals surface area (Å²) >= 11 is 1.74. The first-order valence-corrected chi connectivity index (χ1v) is 9.70. The number of thiazole rings is 1. The first kappa shape index (κ1) is 20.3. The van der Waals surface area contributed by atoms with Gasteiger partial charge in [-0.15, -0.1) is 0 Å². The Morgan fingerprint density at radius 1 is 1.14 bits per heavy atom. The van der Waals surface area contributed by atoms with E-state index in [1.54, 1.807) is 6.92 Å². The van der Waals surface area contributed by atoms with Crippen molar-refractivity contribution in [1.29, 1.82) is 0 Å². The maximum Gasteiger partial charge on any atom is 0.326 e. The lowest BCUT2D eigenvalue weighted by Gasteiger charge is -2.05. The lowest BCUT2D eigenvalue weighted by molar-refractivity contribution is -0.384. The summed E-state index contributed by atoms with van der Waals surface area (Å²) in [5.74, 6) is -1.32. The van der Waals surface area contributed by atoms with E-state index >= 15 is 0 Å². The Balaban J connectivity index is 2.12. The largest absolute Gasteiger partial charge is 0.465 e. The number of carbonyl (C=O) groups excluding carboxylic acids is 2. The molecule has 29 heavy (non-hydrogen) atoms. The fourth-order valence-electron chi connectivity index (χ4n) is 2.43. The highest BCUT2D eigenvalue weighted by molar-refractivity contribution is 7.17. The lowest BCUT2D eigenvalue weighted by atomic mass is 10.3. The van der Waals surface area contributed by atoms with Crippen molar-refractivity contribution < 1.29 is 24.2 Å². The van der Waals surface area contributed by atoms with E-state index in [0.717, 1.165) is 11.3 Å². The molecule has 11 nitrogen and oxygen atoms in total. The minimum absolute atomic E-state index is 0.0582. The van der Waals surface area contributed by atoms with Gasteiger partial charge in [0.05, 0.1) is 26.7 Å². The second-order valence-corrected chi connectivity index (χ2v) is 7.57. The van der Waals surface area contributed by atoms with Crippen molar-refractivity contribution in [2.24, 2.45) is 4.99 Å². The third-order valence-electron chi connectivity index (χ3n) is 3.65. The van der Waals surface area contributed by atoms with Crippen molar-refractivity contribution >= 4 is 55.5 Å². The van der Waals surface area contributed by atoms with E-state index in [9.17, 15) is 29.8 Å². The molecule has 2 aromatic heterocycles. The van der Waals surface area contributed by atoms with Crippen LogP contribution in [0.5, 0.6) is 0 Å². The maximum atomic E-state index is 12.5. The molecule has 0 saturated heterocycles. The Morgan fingerprint density at radius 2 is 1.90 bits per heavy atom. The third-order valence-corrected chi connectivity index (χ3v) is 5.73. The predicted molar refractivity (Wildman–Crippen MR) is 104 cm³/mol. The summed E-state index contributed by atoms with van der Waals surface area (Å²) in [7, 11) is 0. The van der Waals surface area contributed by atoms with Gasteiger partial charge >= 0.3 is 11.0 Å². The topological polar surface area (TPSA) is 147 Å². The molecular weight excluding hydrogens is 424 g/mol. The number of nitro benzene ring substituents is 1. The molecule has 1 amide bonds. The van der Waals surface area contributed by atoms with Crippen LogP contribution in [0.25, 0.3) is 10.2 Å². The van der Waals surface area contributed by atoms with Crippen LogP contribution >= 0.6 is 22.7 Å². The highest BCUT2D eigenvalue weighted by Gasteiger charge is 2.18. The number of carbonyl (C=O) groups is 2. The molecule has 0 aliphatic rings. The first-order valence-electron chi connectivity index (χ1n) is 8.07. The smallest absolute Gasteiger partial charge is 0.326 e. The number of hydrogen-bond acceptors (Lipinski definition) is 9. The molecule has 0 unspecified atom stereocenters. The van der Waals surface area contributed by atoms with E-state index in [2.05, 4.69) is 4.99 Å². The molecule has 150 valence electrons. The Kier molecular flexibility index (Phi) is 5.79.